The Morgan fingerprint density at radius 3 is 2.83 bits per heavy atom. The molecule has 1 saturated heterocycles. The van der Waals surface area contributed by atoms with E-state index in [1.165, 1.54) is 0 Å². The Morgan fingerprint density at radius 1 is 1.44 bits per heavy atom. The summed E-state index contributed by atoms with van der Waals surface area (Å²) in [5.41, 5.74) is 6.48. The van der Waals surface area contributed by atoms with Crippen LogP contribution in [-0.4, -0.2) is 59.3 Å². The summed E-state index contributed by atoms with van der Waals surface area (Å²) in [5, 5.41) is 9.87. The Hall–Kier alpha value is -1.24. The number of anilines is 1. The van der Waals surface area contributed by atoms with Gasteiger partial charge < -0.3 is 20.6 Å². The molecule has 0 aromatic carbocycles. The van der Waals surface area contributed by atoms with Crippen LogP contribution in [0.15, 0.2) is 12.4 Å². The second-order valence-electron chi connectivity index (χ2n) is 4.99. The Morgan fingerprint density at radius 2 is 2.17 bits per heavy atom. The Balaban J connectivity index is 2.24. The molecule has 2 unspecified atom stereocenters. The molecular weight excluding hydrogens is 230 g/mol. The summed E-state index contributed by atoms with van der Waals surface area (Å²) in [4.78, 5) is 12.9. The molecule has 2 rings (SSSR count). The number of hydrogen-bond acceptors (Lipinski definition) is 6. The van der Waals surface area contributed by atoms with E-state index in [0.29, 0.717) is 13.1 Å². The quantitative estimate of drug-likeness (QED) is 0.746. The van der Waals surface area contributed by atoms with Crippen LogP contribution in [0.1, 0.15) is 12.1 Å². The minimum absolute atomic E-state index is 0.261. The van der Waals surface area contributed by atoms with Gasteiger partial charge >= 0.3 is 0 Å². The maximum Gasteiger partial charge on any atom is 0.152 e. The zero-order valence-electron chi connectivity index (χ0n) is 11.0. The second kappa shape index (κ2) is 5.60. The van der Waals surface area contributed by atoms with E-state index in [1.807, 2.05) is 14.1 Å². The van der Waals surface area contributed by atoms with Crippen LogP contribution in [0.2, 0.25) is 0 Å². The van der Waals surface area contributed by atoms with Crippen LogP contribution in [0.3, 0.4) is 0 Å². The fraction of sp³-hybridized carbons (Fsp3) is 0.667. The fourth-order valence-corrected chi connectivity index (χ4v) is 2.49. The van der Waals surface area contributed by atoms with E-state index < -0.39 is 0 Å². The van der Waals surface area contributed by atoms with E-state index in [4.69, 9.17) is 5.73 Å². The molecule has 0 saturated carbocycles. The molecule has 2 atom stereocenters. The zero-order chi connectivity index (χ0) is 13.1. The minimum atomic E-state index is -0.303. The molecule has 100 valence electrons. The van der Waals surface area contributed by atoms with Crippen LogP contribution >= 0.6 is 0 Å². The van der Waals surface area contributed by atoms with Gasteiger partial charge in [-0.05, 0) is 20.5 Å². The predicted octanol–water partition coefficient (Wildman–Crippen LogP) is -0.563. The topological polar surface area (TPSA) is 78.5 Å². The van der Waals surface area contributed by atoms with Gasteiger partial charge in [0.25, 0.3) is 0 Å². The highest BCUT2D eigenvalue weighted by atomic mass is 16.3. The first-order valence-corrected chi connectivity index (χ1v) is 6.21. The molecule has 1 aromatic heterocycles. The maximum absolute atomic E-state index is 9.87. The smallest absolute Gasteiger partial charge is 0.152 e. The number of nitrogens with zero attached hydrogens (tertiary/aromatic N) is 4. The van der Waals surface area contributed by atoms with Gasteiger partial charge in [0.15, 0.2) is 5.82 Å². The third kappa shape index (κ3) is 2.77. The van der Waals surface area contributed by atoms with Gasteiger partial charge in [-0.15, -0.1) is 0 Å². The minimum Gasteiger partial charge on any atom is -0.391 e. The summed E-state index contributed by atoms with van der Waals surface area (Å²) in [6, 6.07) is 0.261. The number of aliphatic hydroxyl groups is 1. The highest BCUT2D eigenvalue weighted by Crippen LogP contribution is 2.26. The summed E-state index contributed by atoms with van der Waals surface area (Å²) in [6.07, 6.45) is 3.78. The fourth-order valence-electron chi connectivity index (χ4n) is 2.49. The molecule has 1 aromatic rings. The number of aliphatic hydroxyl groups excluding tert-OH is 1. The van der Waals surface area contributed by atoms with Gasteiger partial charge in [0.1, 0.15) is 0 Å². The number of β-amino-alcohol motifs (C(OH)–C–C–N with tert-alkyl or cyclic N) is 1. The summed E-state index contributed by atoms with van der Waals surface area (Å²) >= 11 is 0. The number of aromatic nitrogens is 2. The molecule has 1 fully saturated rings. The van der Waals surface area contributed by atoms with Crippen molar-refractivity contribution in [3.05, 3.63) is 18.1 Å². The third-order valence-electron chi connectivity index (χ3n) is 3.19. The highest BCUT2D eigenvalue weighted by molar-refractivity contribution is 5.46. The highest BCUT2D eigenvalue weighted by Gasteiger charge is 2.33. The van der Waals surface area contributed by atoms with E-state index in [2.05, 4.69) is 19.8 Å². The maximum atomic E-state index is 9.87. The van der Waals surface area contributed by atoms with Crippen LogP contribution in [0.5, 0.6) is 0 Å². The molecule has 2 heterocycles. The summed E-state index contributed by atoms with van der Waals surface area (Å²) in [6.45, 7) is 1.85. The van der Waals surface area contributed by atoms with Crippen LogP contribution < -0.4 is 10.6 Å². The molecule has 0 amide bonds. The van der Waals surface area contributed by atoms with Crippen LogP contribution in [0, 0.1) is 0 Å². The average molecular weight is 251 g/mol. The standard InChI is InChI=1S/C12H21N5O/c1-16(2)7-9-5-10(18)8-17(9)12-11(6-13)14-3-4-15-12/h3-4,9-10,18H,5-8,13H2,1-2H3. The number of nitrogens with two attached hydrogens (primary N) is 1. The van der Waals surface area contributed by atoms with Crippen molar-refractivity contribution in [2.45, 2.75) is 25.1 Å². The summed E-state index contributed by atoms with van der Waals surface area (Å²) in [5.74, 6) is 0.809. The SMILES string of the molecule is CN(C)CC1CC(O)CN1c1nccnc1CN. The van der Waals surface area contributed by atoms with E-state index in [0.717, 1.165) is 24.5 Å². The monoisotopic (exact) mass is 251 g/mol. The first-order chi connectivity index (χ1) is 8.61. The molecule has 1 aliphatic rings. The third-order valence-corrected chi connectivity index (χ3v) is 3.19. The van der Waals surface area contributed by atoms with Gasteiger partial charge in [-0.25, -0.2) is 4.98 Å². The Kier molecular flexibility index (Phi) is 4.11. The largest absolute Gasteiger partial charge is 0.391 e. The first kappa shape index (κ1) is 13.2. The first-order valence-electron chi connectivity index (χ1n) is 6.21. The molecule has 6 nitrogen and oxygen atoms in total. The van der Waals surface area contributed by atoms with Crippen molar-refractivity contribution in [3.63, 3.8) is 0 Å². The van der Waals surface area contributed by atoms with Crippen LogP contribution in [0.4, 0.5) is 5.82 Å². The van der Waals surface area contributed by atoms with Crippen LogP contribution in [-0.2, 0) is 6.54 Å². The van der Waals surface area contributed by atoms with Crippen molar-refractivity contribution in [1.29, 1.82) is 0 Å². The second-order valence-corrected chi connectivity index (χ2v) is 4.99. The average Bonchev–Trinajstić information content (AvgIpc) is 2.69. The van der Waals surface area contributed by atoms with E-state index in [-0.39, 0.29) is 12.1 Å². The van der Waals surface area contributed by atoms with Gasteiger partial charge in [-0.3, -0.25) is 4.98 Å². The number of rotatable bonds is 4. The molecule has 3 N–H and O–H groups in total. The van der Waals surface area contributed by atoms with E-state index in [1.54, 1.807) is 12.4 Å². The molecule has 0 radical (unpaired) electrons. The van der Waals surface area contributed by atoms with Gasteiger partial charge in [0.05, 0.1) is 11.8 Å². The van der Waals surface area contributed by atoms with E-state index >= 15 is 0 Å². The summed E-state index contributed by atoms with van der Waals surface area (Å²) < 4.78 is 0. The van der Waals surface area contributed by atoms with Crippen LogP contribution in [0.25, 0.3) is 0 Å². The molecule has 6 heteroatoms. The lowest BCUT2D eigenvalue weighted by molar-refractivity contribution is 0.191. The summed E-state index contributed by atoms with van der Waals surface area (Å²) in [7, 11) is 4.06. The zero-order valence-corrected chi connectivity index (χ0v) is 11.0. The predicted molar refractivity (Wildman–Crippen MR) is 70.2 cm³/mol. The Labute approximate surface area is 107 Å². The van der Waals surface area contributed by atoms with Crippen molar-refractivity contribution >= 4 is 5.82 Å². The van der Waals surface area contributed by atoms with Crippen molar-refractivity contribution in [2.24, 2.45) is 5.73 Å². The lowest BCUT2D eigenvalue weighted by Gasteiger charge is -2.28. The lowest BCUT2D eigenvalue weighted by atomic mass is 10.2. The molecular formula is C12H21N5O. The molecule has 0 bridgehead atoms. The number of hydrogen-bond donors (Lipinski definition) is 2. The van der Waals surface area contributed by atoms with Gasteiger partial charge in [0.2, 0.25) is 0 Å². The Bertz CT molecular complexity index is 398. The van der Waals surface area contributed by atoms with E-state index in [9.17, 15) is 5.11 Å². The normalized spacial score (nSPS) is 23.9. The van der Waals surface area contributed by atoms with Crippen molar-refractivity contribution in [1.82, 2.24) is 14.9 Å². The van der Waals surface area contributed by atoms with Gasteiger partial charge in [-0.2, -0.15) is 0 Å². The van der Waals surface area contributed by atoms with Crippen molar-refractivity contribution in [3.8, 4) is 0 Å². The van der Waals surface area contributed by atoms with Crippen molar-refractivity contribution < 1.29 is 5.11 Å². The van der Waals surface area contributed by atoms with Crippen molar-refractivity contribution in [2.75, 3.05) is 32.1 Å². The number of likely N-dealkylation sites (N-methyl/N-ethyl adjacent to an activating group) is 1. The lowest BCUT2D eigenvalue weighted by Crippen LogP contribution is -2.38. The van der Waals surface area contributed by atoms with Gasteiger partial charge in [0, 0.05) is 38.1 Å². The molecule has 0 aliphatic carbocycles. The van der Waals surface area contributed by atoms with Gasteiger partial charge in [-0.1, -0.05) is 0 Å². The molecule has 18 heavy (non-hydrogen) atoms. The molecule has 0 spiro atoms. The molecule has 1 aliphatic heterocycles.